The smallest absolute Gasteiger partial charge is 0.252 e. The molecule has 8 nitrogen and oxygen atoms in total. The van der Waals surface area contributed by atoms with E-state index in [1.807, 2.05) is 0 Å². The Labute approximate surface area is 276 Å². The van der Waals surface area contributed by atoms with Gasteiger partial charge in [-0.15, -0.1) is 0 Å². The summed E-state index contributed by atoms with van der Waals surface area (Å²) in [6.45, 7) is 8.64. The SMILES string of the molecule is CC1CCCCC1NC(=O)c1cc(C(=O)NC2CCCCC2C)c(C(=O)NC2CCCCC2C)cc1C(=O)NC1CCCCC1C. The van der Waals surface area contributed by atoms with E-state index in [0.717, 1.165) is 103 Å². The molecule has 4 aliphatic carbocycles. The summed E-state index contributed by atoms with van der Waals surface area (Å²) >= 11 is 0. The van der Waals surface area contributed by atoms with Crippen LogP contribution in [-0.4, -0.2) is 47.8 Å². The number of carbonyl (C=O) groups is 4. The van der Waals surface area contributed by atoms with Crippen molar-refractivity contribution >= 4 is 23.6 Å². The second-order valence-electron chi connectivity index (χ2n) is 15.3. The van der Waals surface area contributed by atoms with E-state index in [9.17, 15) is 19.2 Å². The third kappa shape index (κ3) is 8.32. The second kappa shape index (κ2) is 15.8. The fraction of sp³-hybridized carbons (Fsp3) is 0.737. The molecule has 5 rings (SSSR count). The Kier molecular flexibility index (Phi) is 11.8. The van der Waals surface area contributed by atoms with Crippen molar-refractivity contribution in [3.63, 3.8) is 0 Å². The summed E-state index contributed by atoms with van der Waals surface area (Å²) in [5.74, 6) is -0.0937. The van der Waals surface area contributed by atoms with E-state index in [-0.39, 0.29) is 70.0 Å². The highest BCUT2D eigenvalue weighted by Crippen LogP contribution is 2.29. The van der Waals surface area contributed by atoms with Crippen molar-refractivity contribution in [2.24, 2.45) is 23.7 Å². The Hall–Kier alpha value is -2.90. The van der Waals surface area contributed by atoms with Crippen LogP contribution in [-0.2, 0) is 0 Å². The molecule has 8 unspecified atom stereocenters. The summed E-state index contributed by atoms with van der Waals surface area (Å²) in [7, 11) is 0. The van der Waals surface area contributed by atoms with Crippen molar-refractivity contribution in [3.05, 3.63) is 34.4 Å². The third-order valence-electron chi connectivity index (χ3n) is 11.8. The summed E-state index contributed by atoms with van der Waals surface area (Å²) in [5.41, 5.74) is 0.678. The molecule has 0 radical (unpaired) electrons. The van der Waals surface area contributed by atoms with Crippen LogP contribution in [0.5, 0.6) is 0 Å². The maximum Gasteiger partial charge on any atom is 0.252 e. The van der Waals surface area contributed by atoms with Crippen LogP contribution < -0.4 is 21.3 Å². The Morgan fingerprint density at radius 1 is 0.391 bits per heavy atom. The maximum absolute atomic E-state index is 14.1. The number of amides is 4. The minimum Gasteiger partial charge on any atom is -0.349 e. The molecule has 0 aliphatic heterocycles. The van der Waals surface area contributed by atoms with E-state index in [1.54, 1.807) is 0 Å². The molecule has 46 heavy (non-hydrogen) atoms. The first-order chi connectivity index (χ1) is 22.1. The third-order valence-corrected chi connectivity index (χ3v) is 11.8. The van der Waals surface area contributed by atoms with Gasteiger partial charge in [0.25, 0.3) is 23.6 Å². The largest absolute Gasteiger partial charge is 0.349 e. The van der Waals surface area contributed by atoms with Crippen molar-refractivity contribution in [2.75, 3.05) is 0 Å². The van der Waals surface area contributed by atoms with Crippen LogP contribution in [0.15, 0.2) is 12.1 Å². The average molecular weight is 635 g/mol. The molecule has 0 aromatic heterocycles. The van der Waals surface area contributed by atoms with Gasteiger partial charge in [0.15, 0.2) is 0 Å². The summed E-state index contributed by atoms with van der Waals surface area (Å²) in [6.07, 6.45) is 16.5. The molecule has 1 aromatic rings. The fourth-order valence-electron chi connectivity index (χ4n) is 8.46. The average Bonchev–Trinajstić information content (AvgIpc) is 3.04. The lowest BCUT2D eigenvalue weighted by Crippen LogP contribution is -2.45. The van der Waals surface area contributed by atoms with Gasteiger partial charge in [-0.25, -0.2) is 0 Å². The first-order valence-corrected chi connectivity index (χ1v) is 18.5. The van der Waals surface area contributed by atoms with Gasteiger partial charge in [0.05, 0.1) is 22.3 Å². The first kappa shape index (κ1) is 34.4. The molecule has 4 aliphatic rings. The highest BCUT2D eigenvalue weighted by atomic mass is 16.2. The van der Waals surface area contributed by atoms with Crippen LogP contribution in [0.2, 0.25) is 0 Å². The molecule has 1 aromatic carbocycles. The van der Waals surface area contributed by atoms with Crippen molar-refractivity contribution in [1.29, 1.82) is 0 Å². The van der Waals surface area contributed by atoms with Gasteiger partial charge in [-0.05, 0) is 87.2 Å². The van der Waals surface area contributed by atoms with Crippen LogP contribution >= 0.6 is 0 Å². The molecular weight excluding hydrogens is 576 g/mol. The van der Waals surface area contributed by atoms with Crippen molar-refractivity contribution in [1.82, 2.24) is 21.3 Å². The zero-order valence-electron chi connectivity index (χ0n) is 28.7. The lowest BCUT2D eigenvalue weighted by Gasteiger charge is -2.32. The number of rotatable bonds is 8. The molecule has 0 saturated heterocycles. The quantitative estimate of drug-likeness (QED) is 0.248. The van der Waals surface area contributed by atoms with Gasteiger partial charge in [0.1, 0.15) is 0 Å². The summed E-state index contributed by atoms with van der Waals surface area (Å²) < 4.78 is 0. The molecular formula is C38H58N4O4. The zero-order valence-corrected chi connectivity index (χ0v) is 28.7. The van der Waals surface area contributed by atoms with Crippen LogP contribution in [0.4, 0.5) is 0 Å². The number of benzene rings is 1. The van der Waals surface area contributed by atoms with Crippen LogP contribution in [0.3, 0.4) is 0 Å². The lowest BCUT2D eigenvalue weighted by molar-refractivity contribution is 0.0863. The van der Waals surface area contributed by atoms with Crippen LogP contribution in [0.1, 0.15) is 172 Å². The number of carbonyl (C=O) groups excluding carboxylic acids is 4. The van der Waals surface area contributed by atoms with Gasteiger partial charge in [0.2, 0.25) is 0 Å². The maximum atomic E-state index is 14.1. The Morgan fingerprint density at radius 3 is 0.783 bits per heavy atom. The van der Waals surface area contributed by atoms with Crippen molar-refractivity contribution in [2.45, 2.75) is 155 Å². The van der Waals surface area contributed by atoms with Crippen molar-refractivity contribution < 1.29 is 19.2 Å². The first-order valence-electron chi connectivity index (χ1n) is 18.5. The molecule has 8 heteroatoms. The Balaban J connectivity index is 1.53. The predicted octanol–water partition coefficient (Wildman–Crippen LogP) is 6.92. The summed E-state index contributed by atoms with van der Waals surface area (Å²) in [6, 6.07) is 3.09. The standard InChI is InChI=1S/C38H58N4O4/c1-23-13-5-9-17-31(23)39-35(43)27-21-29(37(45)41-33-19-11-7-15-25(33)3)30(38(46)42-34-20-12-8-16-26(34)4)22-28(27)36(44)40-32-18-10-6-14-24(32)2/h21-26,31-34H,5-20H2,1-4H3,(H,39,43)(H,40,44)(H,41,45)(H,42,46). The summed E-state index contributed by atoms with van der Waals surface area (Å²) in [4.78, 5) is 56.3. The molecule has 0 heterocycles. The van der Waals surface area contributed by atoms with Gasteiger partial charge >= 0.3 is 0 Å². The van der Waals surface area contributed by atoms with E-state index in [0.29, 0.717) is 23.7 Å². The molecule has 4 fully saturated rings. The molecule has 8 atom stereocenters. The molecule has 4 amide bonds. The number of hydrogen-bond acceptors (Lipinski definition) is 4. The molecule has 4 saturated carbocycles. The van der Waals surface area contributed by atoms with Gasteiger partial charge in [-0.3, -0.25) is 19.2 Å². The number of nitrogens with one attached hydrogen (secondary N) is 4. The Morgan fingerprint density at radius 2 is 0.587 bits per heavy atom. The molecule has 254 valence electrons. The fourth-order valence-corrected chi connectivity index (χ4v) is 8.46. The monoisotopic (exact) mass is 634 g/mol. The highest BCUT2D eigenvalue weighted by Gasteiger charge is 2.33. The van der Waals surface area contributed by atoms with Crippen molar-refractivity contribution in [3.8, 4) is 0 Å². The second-order valence-corrected chi connectivity index (χ2v) is 15.3. The zero-order chi connectivity index (χ0) is 32.8. The van der Waals surface area contributed by atoms with E-state index in [4.69, 9.17) is 0 Å². The van der Waals surface area contributed by atoms with Gasteiger partial charge in [-0.1, -0.05) is 79.1 Å². The minimum absolute atomic E-state index is 0.00616. The molecule has 0 spiro atoms. The normalized spacial score (nSPS) is 31.7. The lowest BCUT2D eigenvalue weighted by atomic mass is 9.84. The van der Waals surface area contributed by atoms with Gasteiger partial charge < -0.3 is 21.3 Å². The van der Waals surface area contributed by atoms with E-state index >= 15 is 0 Å². The van der Waals surface area contributed by atoms with Crippen LogP contribution in [0.25, 0.3) is 0 Å². The van der Waals surface area contributed by atoms with Gasteiger partial charge in [-0.2, -0.15) is 0 Å². The highest BCUT2D eigenvalue weighted by molar-refractivity contribution is 6.14. The predicted molar refractivity (Wildman–Crippen MR) is 182 cm³/mol. The van der Waals surface area contributed by atoms with E-state index in [2.05, 4.69) is 49.0 Å². The van der Waals surface area contributed by atoms with E-state index < -0.39 is 0 Å². The van der Waals surface area contributed by atoms with Gasteiger partial charge in [0, 0.05) is 24.2 Å². The van der Waals surface area contributed by atoms with Crippen LogP contribution in [0, 0.1) is 23.7 Å². The molecule has 4 N–H and O–H groups in total. The van der Waals surface area contributed by atoms with E-state index in [1.165, 1.54) is 12.1 Å². The molecule has 0 bridgehead atoms. The number of hydrogen-bond donors (Lipinski definition) is 4. The summed E-state index contributed by atoms with van der Waals surface area (Å²) in [5, 5.41) is 12.9. The topological polar surface area (TPSA) is 116 Å². The Bertz CT molecular complexity index is 1080. The minimum atomic E-state index is -0.353.